The topological polar surface area (TPSA) is 110 Å². The second-order valence-corrected chi connectivity index (χ2v) is 8.08. The van der Waals surface area contributed by atoms with Crippen molar-refractivity contribution in [3.63, 3.8) is 0 Å². The Morgan fingerprint density at radius 3 is 2.94 bits per heavy atom. The highest BCUT2D eigenvalue weighted by molar-refractivity contribution is 5.78. The van der Waals surface area contributed by atoms with Crippen LogP contribution in [0.4, 0.5) is 0 Å². The number of hydrogen-bond donors (Lipinski definition) is 1. The van der Waals surface area contributed by atoms with Crippen molar-refractivity contribution in [2.45, 2.75) is 45.8 Å². The molecule has 1 atom stereocenters. The minimum atomic E-state index is -0.125. The van der Waals surface area contributed by atoms with E-state index >= 15 is 0 Å². The maximum atomic E-state index is 12.1. The molecule has 0 fully saturated rings. The largest absolute Gasteiger partial charge is 0.490 e. The molecule has 4 rings (SSSR count). The average molecular weight is 447 g/mol. The van der Waals surface area contributed by atoms with Crippen LogP contribution in [0.1, 0.15) is 49.9 Å². The second kappa shape index (κ2) is 9.84. The minimum Gasteiger partial charge on any atom is -0.490 e. The summed E-state index contributed by atoms with van der Waals surface area (Å²) in [6.45, 7) is 6.24. The summed E-state index contributed by atoms with van der Waals surface area (Å²) < 4.78 is 16.4. The molecule has 1 aliphatic rings. The zero-order valence-electron chi connectivity index (χ0n) is 18.9. The van der Waals surface area contributed by atoms with E-state index in [2.05, 4.69) is 21.5 Å². The third-order valence-electron chi connectivity index (χ3n) is 5.42. The number of nitrogens with one attached hydrogen (secondary N) is 1. The highest BCUT2D eigenvalue weighted by Crippen LogP contribution is 2.37. The van der Waals surface area contributed by atoms with Gasteiger partial charge >= 0.3 is 0 Å². The molecule has 33 heavy (non-hydrogen) atoms. The number of nitrogens with zero attached hydrogens (tertiary/aromatic N) is 3. The van der Waals surface area contributed by atoms with Crippen LogP contribution in [-0.2, 0) is 16.0 Å². The molecule has 0 radical (unpaired) electrons. The van der Waals surface area contributed by atoms with Crippen molar-refractivity contribution in [2.24, 2.45) is 0 Å². The van der Waals surface area contributed by atoms with Crippen molar-refractivity contribution in [1.82, 2.24) is 15.5 Å². The molecule has 0 aliphatic heterocycles. The Kier molecular flexibility index (Phi) is 6.71. The smallest absolute Gasteiger partial charge is 0.258 e. The van der Waals surface area contributed by atoms with E-state index in [4.69, 9.17) is 14.0 Å². The molecule has 0 bridgehead atoms. The van der Waals surface area contributed by atoms with Crippen LogP contribution in [0, 0.1) is 11.3 Å². The molecule has 1 heterocycles. The van der Waals surface area contributed by atoms with Crippen LogP contribution in [0.3, 0.4) is 0 Å². The van der Waals surface area contributed by atoms with E-state index in [1.807, 2.05) is 39.0 Å². The van der Waals surface area contributed by atoms with Gasteiger partial charge in [-0.05, 0) is 62.9 Å². The van der Waals surface area contributed by atoms with Crippen molar-refractivity contribution in [3.05, 3.63) is 53.1 Å². The van der Waals surface area contributed by atoms with Gasteiger partial charge in [-0.25, -0.2) is 0 Å². The summed E-state index contributed by atoms with van der Waals surface area (Å²) in [7, 11) is 0. The summed E-state index contributed by atoms with van der Waals surface area (Å²) in [5.41, 5.74) is 4.10. The molecule has 0 spiro atoms. The number of carbonyl (C=O) groups is 1. The first kappa shape index (κ1) is 22.5. The molecule has 2 aromatic carbocycles. The first-order valence-corrected chi connectivity index (χ1v) is 11.0. The van der Waals surface area contributed by atoms with E-state index in [-0.39, 0.29) is 24.7 Å². The molecule has 0 saturated heterocycles. The van der Waals surface area contributed by atoms with Crippen LogP contribution in [0.2, 0.25) is 0 Å². The third-order valence-corrected chi connectivity index (χ3v) is 5.42. The quantitative estimate of drug-likeness (QED) is 0.552. The lowest BCUT2D eigenvalue weighted by Gasteiger charge is -2.14. The zero-order chi connectivity index (χ0) is 23.4. The Morgan fingerprint density at radius 1 is 1.33 bits per heavy atom. The lowest BCUT2D eigenvalue weighted by molar-refractivity contribution is -0.126. The Bertz CT molecular complexity index is 1200. The van der Waals surface area contributed by atoms with Gasteiger partial charge in [0.2, 0.25) is 11.7 Å². The van der Waals surface area contributed by atoms with Gasteiger partial charge in [-0.15, -0.1) is 0 Å². The predicted molar refractivity (Wildman–Crippen MR) is 121 cm³/mol. The highest BCUT2D eigenvalue weighted by atomic mass is 16.5. The zero-order valence-corrected chi connectivity index (χ0v) is 18.9. The van der Waals surface area contributed by atoms with Crippen molar-refractivity contribution in [3.8, 4) is 34.7 Å². The van der Waals surface area contributed by atoms with Gasteiger partial charge in [0.15, 0.2) is 0 Å². The molecular weight excluding hydrogens is 420 g/mol. The van der Waals surface area contributed by atoms with E-state index in [1.54, 1.807) is 18.2 Å². The molecule has 1 aromatic heterocycles. The summed E-state index contributed by atoms with van der Waals surface area (Å²) in [5, 5.41) is 16.7. The molecule has 8 heteroatoms. The van der Waals surface area contributed by atoms with Gasteiger partial charge in [-0.3, -0.25) is 4.79 Å². The van der Waals surface area contributed by atoms with E-state index < -0.39 is 0 Å². The van der Waals surface area contributed by atoms with Crippen LogP contribution >= 0.6 is 0 Å². The molecule has 170 valence electrons. The number of carbonyl (C=O) groups excluding carboxylic acids is 1. The summed E-state index contributed by atoms with van der Waals surface area (Å²) >= 11 is 0. The van der Waals surface area contributed by atoms with E-state index in [1.165, 1.54) is 0 Å². The highest BCUT2D eigenvalue weighted by Gasteiger charge is 2.27. The number of aromatic nitrogens is 2. The number of ether oxygens (including phenoxy) is 2. The SMILES string of the molecule is CCOCC(=O)NC1CCc2c(-c3noc(-c4ccc(OC(C)C)c(C#N)c4)n3)cccc21. The molecule has 8 nitrogen and oxygen atoms in total. The van der Waals surface area contributed by atoms with E-state index in [9.17, 15) is 10.1 Å². The lowest BCUT2D eigenvalue weighted by Crippen LogP contribution is -2.30. The standard InChI is InChI=1S/C25H26N4O4/c1-4-31-14-23(30)27-21-10-9-18-19(21)6-5-7-20(18)24-28-25(33-29-24)16-8-11-22(32-15(2)3)17(12-16)13-26/h5-8,11-12,15,21H,4,9-10,14H2,1-3H3,(H,27,30). The third kappa shape index (κ3) is 4.89. The van der Waals surface area contributed by atoms with Gasteiger partial charge in [0.1, 0.15) is 18.4 Å². The fraction of sp³-hybridized carbons (Fsp3) is 0.360. The van der Waals surface area contributed by atoms with Gasteiger partial charge in [0.05, 0.1) is 17.7 Å². The number of rotatable bonds is 8. The van der Waals surface area contributed by atoms with Gasteiger partial charge in [0, 0.05) is 17.7 Å². The number of hydrogen-bond acceptors (Lipinski definition) is 7. The molecule has 1 unspecified atom stereocenters. The normalized spacial score (nSPS) is 14.7. The van der Waals surface area contributed by atoms with Crippen LogP contribution in [0.5, 0.6) is 5.75 Å². The van der Waals surface area contributed by atoms with Crippen molar-refractivity contribution in [1.29, 1.82) is 5.26 Å². The van der Waals surface area contributed by atoms with Crippen molar-refractivity contribution >= 4 is 5.91 Å². The lowest BCUT2D eigenvalue weighted by atomic mass is 10.0. The van der Waals surface area contributed by atoms with Crippen LogP contribution in [-0.4, -0.2) is 35.4 Å². The van der Waals surface area contributed by atoms with Crippen LogP contribution in [0.25, 0.3) is 22.8 Å². The molecular formula is C25H26N4O4. The first-order chi connectivity index (χ1) is 16.0. The number of nitriles is 1. The Labute approximate surface area is 192 Å². The Morgan fingerprint density at radius 2 is 2.18 bits per heavy atom. The molecule has 3 aromatic rings. The fourth-order valence-corrected chi connectivity index (χ4v) is 4.00. The predicted octanol–water partition coefficient (Wildman–Crippen LogP) is 4.20. The Hall–Kier alpha value is -3.70. The molecule has 1 aliphatic carbocycles. The monoisotopic (exact) mass is 446 g/mol. The average Bonchev–Trinajstić information content (AvgIpc) is 3.45. The summed E-state index contributed by atoms with van der Waals surface area (Å²) in [6, 6.07) is 13.2. The number of benzene rings is 2. The van der Waals surface area contributed by atoms with Crippen LogP contribution < -0.4 is 10.1 Å². The molecule has 1 amide bonds. The number of fused-ring (bicyclic) bond motifs is 1. The summed E-state index contributed by atoms with van der Waals surface area (Å²) in [6.07, 6.45) is 1.57. The molecule has 0 saturated carbocycles. The van der Waals surface area contributed by atoms with Crippen molar-refractivity contribution < 1.29 is 18.8 Å². The Balaban J connectivity index is 1.58. The van der Waals surface area contributed by atoms with Crippen molar-refractivity contribution in [2.75, 3.05) is 13.2 Å². The van der Waals surface area contributed by atoms with E-state index in [0.717, 1.165) is 29.5 Å². The second-order valence-electron chi connectivity index (χ2n) is 8.08. The van der Waals surface area contributed by atoms with Gasteiger partial charge in [0.25, 0.3) is 5.89 Å². The van der Waals surface area contributed by atoms with Crippen LogP contribution in [0.15, 0.2) is 40.9 Å². The van der Waals surface area contributed by atoms with Gasteiger partial charge in [-0.1, -0.05) is 23.4 Å². The summed E-state index contributed by atoms with van der Waals surface area (Å²) in [5.74, 6) is 1.20. The first-order valence-electron chi connectivity index (χ1n) is 11.0. The van der Waals surface area contributed by atoms with Gasteiger partial charge < -0.3 is 19.3 Å². The fourth-order valence-electron chi connectivity index (χ4n) is 4.00. The van der Waals surface area contributed by atoms with Gasteiger partial charge in [-0.2, -0.15) is 10.2 Å². The number of amides is 1. The van der Waals surface area contributed by atoms with E-state index in [0.29, 0.717) is 35.2 Å². The maximum Gasteiger partial charge on any atom is 0.258 e. The minimum absolute atomic E-state index is 0.0362. The molecule has 1 N–H and O–H groups in total. The maximum absolute atomic E-state index is 12.1. The summed E-state index contributed by atoms with van der Waals surface area (Å²) in [4.78, 5) is 16.7.